The quantitative estimate of drug-likeness (QED) is 0.353. The number of H-pyrrole nitrogens is 1. The molecule has 1 aromatic heterocycles. The highest BCUT2D eigenvalue weighted by molar-refractivity contribution is 5.84. The summed E-state index contributed by atoms with van der Waals surface area (Å²) in [6, 6.07) is 11.9. The van der Waals surface area contributed by atoms with Crippen molar-refractivity contribution in [3.05, 3.63) is 65.4 Å². The van der Waals surface area contributed by atoms with Gasteiger partial charge >= 0.3 is 12.1 Å². The SMILES string of the molecule is CC1Cc2c([nH]c3ccccc23)CN1CC(F)(F)F.O=C(O)C1CCN(C2CCN(c3cc(F)cc(F)c3)CC2)CC1. The molecule has 2 aromatic carbocycles. The Morgan fingerprint density at radius 1 is 0.976 bits per heavy atom. The molecule has 228 valence electrons. The van der Waals surface area contributed by atoms with Gasteiger partial charge in [-0.1, -0.05) is 18.2 Å². The van der Waals surface area contributed by atoms with Gasteiger partial charge in [0.15, 0.2) is 0 Å². The number of fused-ring (bicyclic) bond motifs is 3. The third kappa shape index (κ3) is 7.23. The van der Waals surface area contributed by atoms with Crippen molar-refractivity contribution in [2.75, 3.05) is 37.6 Å². The highest BCUT2D eigenvalue weighted by atomic mass is 19.4. The van der Waals surface area contributed by atoms with Crippen molar-refractivity contribution >= 4 is 22.6 Å². The van der Waals surface area contributed by atoms with Crippen molar-refractivity contribution in [2.24, 2.45) is 5.92 Å². The number of carbonyl (C=O) groups is 1. The van der Waals surface area contributed by atoms with Gasteiger partial charge in [0.2, 0.25) is 0 Å². The fourth-order valence-electron chi connectivity index (χ4n) is 6.57. The Bertz CT molecular complexity index is 1360. The van der Waals surface area contributed by atoms with E-state index in [-0.39, 0.29) is 12.0 Å². The molecule has 1 unspecified atom stereocenters. The fraction of sp³-hybridized carbons (Fsp3) is 0.516. The summed E-state index contributed by atoms with van der Waals surface area (Å²) in [5, 5.41) is 10.2. The number of likely N-dealkylation sites (tertiary alicyclic amines) is 1. The molecule has 0 radical (unpaired) electrons. The van der Waals surface area contributed by atoms with E-state index in [1.807, 2.05) is 36.1 Å². The van der Waals surface area contributed by atoms with Crippen molar-refractivity contribution in [1.82, 2.24) is 14.8 Å². The minimum Gasteiger partial charge on any atom is -0.481 e. The average molecular weight is 593 g/mol. The first-order chi connectivity index (χ1) is 20.0. The van der Waals surface area contributed by atoms with Gasteiger partial charge in [0.25, 0.3) is 0 Å². The lowest BCUT2D eigenvalue weighted by molar-refractivity contribution is -0.152. The maximum atomic E-state index is 13.3. The van der Waals surface area contributed by atoms with Gasteiger partial charge in [0.05, 0.1) is 12.5 Å². The molecule has 6 rings (SSSR count). The number of nitrogens with zero attached hydrogens (tertiary/aromatic N) is 3. The summed E-state index contributed by atoms with van der Waals surface area (Å²) in [6.45, 7) is 4.55. The Morgan fingerprint density at radius 3 is 2.24 bits per heavy atom. The smallest absolute Gasteiger partial charge is 0.401 e. The zero-order chi connectivity index (χ0) is 30.0. The van der Waals surface area contributed by atoms with Crippen LogP contribution in [0.25, 0.3) is 10.9 Å². The maximum absolute atomic E-state index is 13.3. The molecular formula is C31H37F5N4O2. The molecule has 6 nitrogen and oxygen atoms in total. The Hall–Kier alpha value is -3.18. The van der Waals surface area contributed by atoms with Gasteiger partial charge in [-0.05, 0) is 75.9 Å². The molecule has 2 saturated heterocycles. The predicted octanol–water partition coefficient (Wildman–Crippen LogP) is 6.21. The summed E-state index contributed by atoms with van der Waals surface area (Å²) in [7, 11) is 0. The number of hydrogen-bond acceptors (Lipinski definition) is 4. The topological polar surface area (TPSA) is 62.8 Å². The van der Waals surface area contributed by atoms with Crippen LogP contribution in [0.5, 0.6) is 0 Å². The number of carboxylic acids is 1. The van der Waals surface area contributed by atoms with Gasteiger partial charge in [-0.25, -0.2) is 8.78 Å². The second kappa shape index (κ2) is 12.6. The highest BCUT2D eigenvalue weighted by Crippen LogP contribution is 2.32. The first-order valence-electron chi connectivity index (χ1n) is 14.5. The molecule has 0 spiro atoms. The normalized spacial score (nSPS) is 21.2. The number of alkyl halides is 3. The van der Waals surface area contributed by atoms with E-state index in [1.54, 1.807) is 0 Å². The van der Waals surface area contributed by atoms with E-state index < -0.39 is 30.3 Å². The van der Waals surface area contributed by atoms with Crippen LogP contribution in [0, 0.1) is 17.6 Å². The number of para-hydroxylation sites is 1. The lowest BCUT2D eigenvalue weighted by Crippen LogP contribution is -2.48. The number of benzene rings is 2. The number of nitrogens with one attached hydrogen (secondary N) is 1. The van der Waals surface area contributed by atoms with E-state index in [2.05, 4.69) is 9.88 Å². The molecular weight excluding hydrogens is 555 g/mol. The number of anilines is 1. The predicted molar refractivity (Wildman–Crippen MR) is 151 cm³/mol. The Labute approximate surface area is 242 Å². The van der Waals surface area contributed by atoms with Crippen LogP contribution < -0.4 is 4.90 Å². The zero-order valence-electron chi connectivity index (χ0n) is 23.6. The summed E-state index contributed by atoms with van der Waals surface area (Å²) in [5.74, 6) is -1.98. The molecule has 11 heteroatoms. The van der Waals surface area contributed by atoms with Crippen molar-refractivity contribution in [3.8, 4) is 0 Å². The maximum Gasteiger partial charge on any atom is 0.401 e. The van der Waals surface area contributed by atoms with Crippen molar-refractivity contribution in [1.29, 1.82) is 0 Å². The molecule has 2 fully saturated rings. The zero-order valence-corrected chi connectivity index (χ0v) is 23.6. The van der Waals surface area contributed by atoms with Gasteiger partial charge in [-0.3, -0.25) is 9.69 Å². The van der Waals surface area contributed by atoms with Crippen LogP contribution in [0.1, 0.15) is 43.9 Å². The minimum atomic E-state index is -4.14. The van der Waals surface area contributed by atoms with Crippen LogP contribution in [-0.2, 0) is 17.8 Å². The van der Waals surface area contributed by atoms with Gasteiger partial charge in [0, 0.05) is 60.1 Å². The van der Waals surface area contributed by atoms with Crippen LogP contribution in [0.3, 0.4) is 0 Å². The molecule has 0 aliphatic carbocycles. The highest BCUT2D eigenvalue weighted by Gasteiger charge is 2.36. The monoisotopic (exact) mass is 592 g/mol. The third-order valence-electron chi connectivity index (χ3n) is 8.84. The molecule has 0 saturated carbocycles. The number of halogens is 5. The first-order valence-corrected chi connectivity index (χ1v) is 14.5. The number of rotatable bonds is 4. The molecule has 3 aromatic rings. The van der Waals surface area contributed by atoms with Crippen molar-refractivity contribution in [2.45, 2.75) is 63.8 Å². The van der Waals surface area contributed by atoms with E-state index in [0.717, 1.165) is 61.7 Å². The van der Waals surface area contributed by atoms with Crippen LogP contribution in [-0.4, -0.2) is 76.8 Å². The molecule has 1 atom stereocenters. The summed E-state index contributed by atoms with van der Waals surface area (Å²) in [5.41, 5.74) is 3.70. The lowest BCUT2D eigenvalue weighted by atomic mass is 9.93. The number of aromatic amines is 1. The molecule has 4 heterocycles. The number of aromatic nitrogens is 1. The van der Waals surface area contributed by atoms with Crippen LogP contribution in [0.15, 0.2) is 42.5 Å². The summed E-state index contributed by atoms with van der Waals surface area (Å²) in [4.78, 5) is 20.1. The van der Waals surface area contributed by atoms with E-state index >= 15 is 0 Å². The third-order valence-corrected chi connectivity index (χ3v) is 8.84. The van der Waals surface area contributed by atoms with Gasteiger partial charge in [-0.2, -0.15) is 13.2 Å². The Morgan fingerprint density at radius 2 is 1.62 bits per heavy atom. The van der Waals surface area contributed by atoms with Gasteiger partial charge in [0.1, 0.15) is 11.6 Å². The Kier molecular flexibility index (Phi) is 9.08. The first kappa shape index (κ1) is 30.3. The van der Waals surface area contributed by atoms with Gasteiger partial charge < -0.3 is 19.9 Å². The van der Waals surface area contributed by atoms with Crippen LogP contribution in [0.4, 0.5) is 27.6 Å². The minimum absolute atomic E-state index is 0.0895. The molecule has 0 bridgehead atoms. The lowest BCUT2D eigenvalue weighted by Gasteiger charge is -2.41. The van der Waals surface area contributed by atoms with E-state index in [0.29, 0.717) is 37.5 Å². The number of piperidine rings is 2. The molecule has 2 N–H and O–H groups in total. The van der Waals surface area contributed by atoms with Crippen molar-refractivity contribution < 1.29 is 31.9 Å². The number of aliphatic carboxylic acids is 1. The fourth-order valence-corrected chi connectivity index (χ4v) is 6.57. The summed E-state index contributed by atoms with van der Waals surface area (Å²) in [6.07, 6.45) is -0.172. The largest absolute Gasteiger partial charge is 0.481 e. The van der Waals surface area contributed by atoms with Crippen LogP contribution >= 0.6 is 0 Å². The van der Waals surface area contributed by atoms with E-state index in [4.69, 9.17) is 5.11 Å². The Balaban J connectivity index is 0.000000171. The molecule has 3 aliphatic rings. The van der Waals surface area contributed by atoms with Gasteiger partial charge in [-0.15, -0.1) is 0 Å². The number of hydrogen-bond donors (Lipinski definition) is 2. The summed E-state index contributed by atoms with van der Waals surface area (Å²) < 4.78 is 64.3. The molecule has 3 aliphatic heterocycles. The second-order valence-corrected chi connectivity index (χ2v) is 11.7. The van der Waals surface area contributed by atoms with Crippen LogP contribution in [0.2, 0.25) is 0 Å². The van der Waals surface area contributed by atoms with E-state index in [9.17, 15) is 26.7 Å². The van der Waals surface area contributed by atoms with Crippen molar-refractivity contribution in [3.63, 3.8) is 0 Å². The molecule has 42 heavy (non-hydrogen) atoms. The average Bonchev–Trinajstić information content (AvgIpc) is 3.29. The summed E-state index contributed by atoms with van der Waals surface area (Å²) >= 11 is 0. The number of carboxylic acid groups (broad SMARTS) is 1. The van der Waals surface area contributed by atoms with E-state index in [1.165, 1.54) is 22.6 Å². The molecule has 0 amide bonds. The standard InChI is InChI=1S/C17H22F2N2O2.C14H15F3N2/c18-13-9-14(19)11-16(10-13)21-7-3-15(4-8-21)20-5-1-12(2-6-20)17(22)23;1-9-6-11-10-4-2-3-5-12(10)18-13(11)7-19(9)8-14(15,16)17/h9-12,15H,1-8H2,(H,22,23);2-5,9,18H,6-8H2,1H3. The second-order valence-electron chi connectivity index (χ2n) is 11.7.